The lowest BCUT2D eigenvalue weighted by molar-refractivity contribution is -0.126. The van der Waals surface area contributed by atoms with Crippen LogP contribution < -0.4 is 15.4 Å². The molecule has 0 spiro atoms. The number of nitrogens with one attached hydrogen (secondary N) is 1. The summed E-state index contributed by atoms with van der Waals surface area (Å²) in [5.41, 5.74) is 0.974. The van der Waals surface area contributed by atoms with E-state index in [9.17, 15) is 13.2 Å². The van der Waals surface area contributed by atoms with Gasteiger partial charge >= 0.3 is 0 Å². The molecule has 156 valence electrons. The van der Waals surface area contributed by atoms with E-state index >= 15 is 0 Å². The molecule has 0 bridgehead atoms. The number of sulfonamides is 1. The first-order chi connectivity index (χ1) is 13.3. The van der Waals surface area contributed by atoms with Crippen LogP contribution in [-0.4, -0.2) is 58.0 Å². The van der Waals surface area contributed by atoms with Gasteiger partial charge in [0.05, 0.1) is 10.9 Å². The van der Waals surface area contributed by atoms with Crippen molar-refractivity contribution >= 4 is 21.6 Å². The maximum atomic E-state index is 12.5. The van der Waals surface area contributed by atoms with Gasteiger partial charge in [-0.2, -0.15) is 0 Å². The van der Waals surface area contributed by atoms with Gasteiger partial charge in [-0.15, -0.1) is 0 Å². The Morgan fingerprint density at radius 2 is 1.71 bits per heavy atom. The minimum atomic E-state index is -3.66. The Morgan fingerprint density at radius 1 is 1.11 bits per heavy atom. The van der Waals surface area contributed by atoms with E-state index < -0.39 is 10.0 Å². The maximum absolute atomic E-state index is 12.5. The molecule has 3 N–H and O–H groups in total. The quantitative estimate of drug-likeness (QED) is 0.744. The highest BCUT2D eigenvalue weighted by atomic mass is 32.2. The van der Waals surface area contributed by atoms with Crippen LogP contribution in [0.2, 0.25) is 0 Å². The summed E-state index contributed by atoms with van der Waals surface area (Å²) in [7, 11) is -3.66. The number of amides is 1. The molecule has 1 aliphatic carbocycles. The number of piperazine rings is 1. The number of benzene rings is 1. The van der Waals surface area contributed by atoms with Crippen molar-refractivity contribution in [3.63, 3.8) is 0 Å². The fourth-order valence-electron chi connectivity index (χ4n) is 4.16. The maximum Gasteiger partial charge on any atom is 0.238 e. The van der Waals surface area contributed by atoms with Gasteiger partial charge in [-0.1, -0.05) is 19.3 Å². The lowest BCUT2D eigenvalue weighted by Crippen LogP contribution is -2.54. The van der Waals surface area contributed by atoms with Crippen LogP contribution in [0.25, 0.3) is 0 Å². The smallest absolute Gasteiger partial charge is 0.238 e. The van der Waals surface area contributed by atoms with E-state index in [2.05, 4.69) is 15.1 Å². The minimum absolute atomic E-state index is 0.122. The Labute approximate surface area is 168 Å². The standard InChI is InChI=1S/C20H32N4O3S/c1-16(20(25)22-15-17-5-3-2-4-6-17)23-11-13-24(14-12-23)18-7-9-19(10-8-18)28(21,26)27/h7-10,16-17H,2-6,11-15H2,1H3,(H,22,25)(H2,21,26,27). The summed E-state index contributed by atoms with van der Waals surface area (Å²) in [6.07, 6.45) is 6.37. The molecule has 1 aromatic carbocycles. The van der Waals surface area contributed by atoms with Crippen molar-refractivity contribution in [3.8, 4) is 0 Å². The number of rotatable bonds is 6. The summed E-state index contributed by atoms with van der Waals surface area (Å²) in [6.45, 7) is 5.99. The van der Waals surface area contributed by atoms with Crippen LogP contribution in [0.15, 0.2) is 29.2 Å². The monoisotopic (exact) mass is 408 g/mol. The molecule has 1 saturated heterocycles. The van der Waals surface area contributed by atoms with Gasteiger partial charge in [0.25, 0.3) is 0 Å². The molecule has 28 heavy (non-hydrogen) atoms. The minimum Gasteiger partial charge on any atom is -0.369 e. The molecule has 1 aliphatic heterocycles. The number of nitrogens with zero attached hydrogens (tertiary/aromatic N) is 2. The van der Waals surface area contributed by atoms with Crippen LogP contribution in [0.4, 0.5) is 5.69 Å². The highest BCUT2D eigenvalue weighted by Crippen LogP contribution is 2.23. The Kier molecular flexibility index (Phi) is 6.95. The van der Waals surface area contributed by atoms with Crippen molar-refractivity contribution in [1.82, 2.24) is 10.2 Å². The van der Waals surface area contributed by atoms with Crippen LogP contribution >= 0.6 is 0 Å². The van der Waals surface area contributed by atoms with E-state index in [-0.39, 0.29) is 16.8 Å². The molecule has 1 saturated carbocycles. The second-order valence-corrected chi connectivity index (χ2v) is 9.55. The molecule has 2 fully saturated rings. The lowest BCUT2D eigenvalue weighted by Gasteiger charge is -2.38. The van der Waals surface area contributed by atoms with Gasteiger partial charge in [-0.3, -0.25) is 9.69 Å². The normalized spacial score (nSPS) is 20.7. The van der Waals surface area contributed by atoms with E-state index in [0.29, 0.717) is 5.92 Å². The summed E-state index contributed by atoms with van der Waals surface area (Å²) >= 11 is 0. The molecular formula is C20H32N4O3S. The summed E-state index contributed by atoms with van der Waals surface area (Å²) in [6, 6.07) is 6.53. The van der Waals surface area contributed by atoms with Crippen molar-refractivity contribution in [2.75, 3.05) is 37.6 Å². The average Bonchev–Trinajstić information content (AvgIpc) is 2.72. The zero-order valence-electron chi connectivity index (χ0n) is 16.6. The Morgan fingerprint density at radius 3 is 2.29 bits per heavy atom. The van der Waals surface area contributed by atoms with E-state index in [0.717, 1.165) is 38.4 Å². The number of carbonyl (C=O) groups is 1. The summed E-state index contributed by atoms with van der Waals surface area (Å²) in [5.74, 6) is 0.763. The molecule has 1 aromatic rings. The first-order valence-corrected chi connectivity index (χ1v) is 11.8. The van der Waals surface area contributed by atoms with Gasteiger partial charge in [0.15, 0.2) is 0 Å². The van der Waals surface area contributed by atoms with Crippen LogP contribution in [0, 0.1) is 5.92 Å². The molecular weight excluding hydrogens is 376 g/mol. The second-order valence-electron chi connectivity index (χ2n) is 7.99. The van der Waals surface area contributed by atoms with Crippen LogP contribution in [0.3, 0.4) is 0 Å². The molecule has 7 nitrogen and oxygen atoms in total. The summed E-state index contributed by atoms with van der Waals surface area (Å²) in [4.78, 5) is 17.1. The first kappa shape index (κ1) is 21.1. The van der Waals surface area contributed by atoms with Crippen LogP contribution in [0.1, 0.15) is 39.0 Å². The Hall–Kier alpha value is -1.64. The highest BCUT2D eigenvalue weighted by molar-refractivity contribution is 7.89. The predicted molar refractivity (Wildman–Crippen MR) is 111 cm³/mol. The Bertz CT molecular complexity index is 752. The number of primary sulfonamides is 1. The third-order valence-corrected chi connectivity index (χ3v) is 6.99. The van der Waals surface area contributed by atoms with Crippen molar-refractivity contribution < 1.29 is 13.2 Å². The Balaban J connectivity index is 1.46. The molecule has 3 rings (SSSR count). The fraction of sp³-hybridized carbons (Fsp3) is 0.650. The molecule has 1 amide bonds. The fourth-order valence-corrected chi connectivity index (χ4v) is 4.68. The van der Waals surface area contributed by atoms with Gasteiger partial charge in [-0.05, 0) is 49.9 Å². The largest absolute Gasteiger partial charge is 0.369 e. The third-order valence-electron chi connectivity index (χ3n) is 6.06. The zero-order valence-corrected chi connectivity index (χ0v) is 17.5. The van der Waals surface area contributed by atoms with Gasteiger partial charge in [0.2, 0.25) is 15.9 Å². The topological polar surface area (TPSA) is 95.7 Å². The highest BCUT2D eigenvalue weighted by Gasteiger charge is 2.26. The van der Waals surface area contributed by atoms with E-state index in [1.807, 2.05) is 6.92 Å². The molecule has 0 radical (unpaired) electrons. The third kappa shape index (κ3) is 5.46. The van der Waals surface area contributed by atoms with Crippen molar-refractivity contribution in [2.24, 2.45) is 11.1 Å². The predicted octanol–water partition coefficient (Wildman–Crippen LogP) is 1.54. The van der Waals surface area contributed by atoms with Crippen molar-refractivity contribution in [3.05, 3.63) is 24.3 Å². The van der Waals surface area contributed by atoms with Gasteiger partial charge in [0.1, 0.15) is 0 Å². The van der Waals surface area contributed by atoms with Crippen molar-refractivity contribution in [2.45, 2.75) is 50.0 Å². The molecule has 1 atom stereocenters. The van der Waals surface area contributed by atoms with Gasteiger partial charge in [0, 0.05) is 38.4 Å². The zero-order chi connectivity index (χ0) is 20.1. The molecule has 8 heteroatoms. The number of carbonyl (C=O) groups excluding carboxylic acids is 1. The molecule has 1 unspecified atom stereocenters. The number of hydrogen-bond donors (Lipinski definition) is 2. The van der Waals surface area contributed by atoms with Crippen LogP contribution in [0.5, 0.6) is 0 Å². The average molecular weight is 409 g/mol. The summed E-state index contributed by atoms with van der Waals surface area (Å²) in [5, 5.41) is 8.30. The van der Waals surface area contributed by atoms with E-state index in [4.69, 9.17) is 5.14 Å². The summed E-state index contributed by atoms with van der Waals surface area (Å²) < 4.78 is 22.8. The second kappa shape index (κ2) is 9.24. The van der Waals surface area contributed by atoms with Gasteiger partial charge < -0.3 is 10.2 Å². The molecule has 0 aromatic heterocycles. The van der Waals surface area contributed by atoms with Gasteiger partial charge in [-0.25, -0.2) is 13.6 Å². The SMILES string of the molecule is CC(C(=O)NCC1CCCCC1)N1CCN(c2ccc(S(N)(=O)=O)cc2)CC1. The van der Waals surface area contributed by atoms with E-state index in [1.54, 1.807) is 24.3 Å². The van der Waals surface area contributed by atoms with Crippen molar-refractivity contribution in [1.29, 1.82) is 0 Å². The number of anilines is 1. The van der Waals surface area contributed by atoms with Crippen LogP contribution in [-0.2, 0) is 14.8 Å². The number of nitrogens with two attached hydrogens (primary N) is 1. The first-order valence-electron chi connectivity index (χ1n) is 10.2. The molecule has 1 heterocycles. The van der Waals surface area contributed by atoms with E-state index in [1.165, 1.54) is 32.1 Å². The molecule has 2 aliphatic rings. The number of hydrogen-bond acceptors (Lipinski definition) is 5. The lowest BCUT2D eigenvalue weighted by atomic mass is 9.89.